The maximum atomic E-state index is 13.1. The second-order valence-electron chi connectivity index (χ2n) is 7.31. The molecule has 2 heterocycles. The van der Waals surface area contributed by atoms with Crippen LogP contribution in [0.4, 0.5) is 5.69 Å². The van der Waals surface area contributed by atoms with Gasteiger partial charge in [-0.15, -0.1) is 11.3 Å². The molecule has 0 radical (unpaired) electrons. The summed E-state index contributed by atoms with van der Waals surface area (Å²) in [4.78, 5) is 43.3. The van der Waals surface area contributed by atoms with Crippen LogP contribution in [-0.4, -0.2) is 41.8 Å². The smallest absolute Gasteiger partial charge is 0.348 e. The molecule has 0 fully saturated rings. The number of hydrogen-bond donors (Lipinski definition) is 1. The molecule has 1 N–H and O–H groups in total. The van der Waals surface area contributed by atoms with Gasteiger partial charge in [-0.2, -0.15) is 0 Å². The third kappa shape index (κ3) is 4.67. The fourth-order valence-corrected chi connectivity index (χ4v) is 4.24. The highest BCUT2D eigenvalue weighted by molar-refractivity contribution is 7.20. The maximum absolute atomic E-state index is 13.1. The minimum absolute atomic E-state index is 0.121. The predicted octanol–water partition coefficient (Wildman–Crippen LogP) is 3.39. The average molecular weight is 444 g/mol. The fourth-order valence-electron chi connectivity index (χ4n) is 3.21. The highest BCUT2D eigenvalue weighted by Crippen LogP contribution is 2.28. The number of benzene rings is 1. The summed E-state index contributed by atoms with van der Waals surface area (Å²) in [5.41, 5.74) is 2.84. The fraction of sp³-hybridized carbons (Fsp3) is 0.364. The molecular weight excluding hydrogens is 418 g/mol. The topological polar surface area (TPSA) is 99.5 Å². The SMILES string of the molecule is COCCOC(=O)c1sc2ncn(C(C)C(=O)Nc3ccc(C)cc3C)c(=O)c2c1C. The number of nitrogens with zero attached hydrogens (tertiary/aromatic N) is 2. The van der Waals surface area contributed by atoms with Crippen LogP contribution in [0.25, 0.3) is 10.2 Å². The molecule has 1 unspecified atom stereocenters. The molecule has 0 aliphatic heterocycles. The van der Waals surface area contributed by atoms with Crippen molar-refractivity contribution >= 4 is 39.1 Å². The molecule has 2 aromatic heterocycles. The van der Waals surface area contributed by atoms with Crippen molar-refractivity contribution in [1.82, 2.24) is 9.55 Å². The van der Waals surface area contributed by atoms with Crippen LogP contribution < -0.4 is 10.9 Å². The first-order chi connectivity index (χ1) is 14.7. The number of nitrogens with one attached hydrogen (secondary N) is 1. The van der Waals surface area contributed by atoms with Crippen molar-refractivity contribution in [1.29, 1.82) is 0 Å². The lowest BCUT2D eigenvalue weighted by molar-refractivity contribution is -0.118. The number of carbonyl (C=O) groups excluding carboxylic acids is 2. The number of amides is 1. The summed E-state index contributed by atoms with van der Waals surface area (Å²) in [6, 6.07) is 4.93. The van der Waals surface area contributed by atoms with Gasteiger partial charge in [-0.3, -0.25) is 14.2 Å². The number of hydrogen-bond acceptors (Lipinski definition) is 7. The predicted molar refractivity (Wildman–Crippen MR) is 120 cm³/mol. The number of carbonyl (C=O) groups is 2. The summed E-state index contributed by atoms with van der Waals surface area (Å²) in [5.74, 6) is -0.855. The van der Waals surface area contributed by atoms with Crippen molar-refractivity contribution in [2.45, 2.75) is 33.7 Å². The molecule has 3 rings (SSSR count). The molecule has 9 heteroatoms. The lowest BCUT2D eigenvalue weighted by atomic mass is 10.1. The molecule has 1 amide bonds. The van der Waals surface area contributed by atoms with E-state index >= 15 is 0 Å². The van der Waals surface area contributed by atoms with Crippen LogP contribution in [0.15, 0.2) is 29.3 Å². The molecule has 8 nitrogen and oxygen atoms in total. The van der Waals surface area contributed by atoms with Gasteiger partial charge in [0.1, 0.15) is 22.4 Å². The van der Waals surface area contributed by atoms with Gasteiger partial charge in [-0.05, 0) is 44.9 Å². The number of methoxy groups -OCH3 is 1. The van der Waals surface area contributed by atoms with E-state index in [9.17, 15) is 14.4 Å². The highest BCUT2D eigenvalue weighted by Gasteiger charge is 2.23. The Hall–Kier alpha value is -3.04. The van der Waals surface area contributed by atoms with Gasteiger partial charge < -0.3 is 14.8 Å². The van der Waals surface area contributed by atoms with Crippen molar-refractivity contribution in [3.63, 3.8) is 0 Å². The number of fused-ring (bicyclic) bond motifs is 1. The van der Waals surface area contributed by atoms with Crippen molar-refractivity contribution in [2.24, 2.45) is 0 Å². The Kier molecular flexibility index (Phi) is 6.87. The van der Waals surface area contributed by atoms with Crippen molar-refractivity contribution in [3.8, 4) is 0 Å². The zero-order valence-corrected chi connectivity index (χ0v) is 19.0. The van der Waals surface area contributed by atoms with Crippen molar-refractivity contribution in [3.05, 3.63) is 56.4 Å². The Morgan fingerprint density at radius 1 is 1.23 bits per heavy atom. The monoisotopic (exact) mass is 443 g/mol. The van der Waals surface area contributed by atoms with E-state index in [-0.39, 0.29) is 24.7 Å². The third-order valence-electron chi connectivity index (χ3n) is 5.02. The van der Waals surface area contributed by atoms with Crippen LogP contribution in [0.3, 0.4) is 0 Å². The van der Waals surface area contributed by atoms with E-state index < -0.39 is 12.0 Å². The zero-order chi connectivity index (χ0) is 22.7. The van der Waals surface area contributed by atoms with E-state index in [1.54, 1.807) is 13.8 Å². The van der Waals surface area contributed by atoms with E-state index in [0.717, 1.165) is 22.5 Å². The Bertz CT molecular complexity index is 1200. The molecule has 164 valence electrons. The van der Waals surface area contributed by atoms with Gasteiger partial charge in [0.2, 0.25) is 5.91 Å². The minimum Gasteiger partial charge on any atom is -0.459 e. The number of anilines is 1. The molecule has 1 atom stereocenters. The number of aryl methyl sites for hydroxylation is 3. The van der Waals surface area contributed by atoms with Crippen LogP contribution in [-0.2, 0) is 14.3 Å². The Morgan fingerprint density at radius 2 is 1.97 bits per heavy atom. The van der Waals surface area contributed by atoms with Gasteiger partial charge in [0, 0.05) is 12.8 Å². The lowest BCUT2D eigenvalue weighted by Gasteiger charge is -2.16. The Balaban J connectivity index is 1.89. The molecule has 0 aliphatic rings. The number of aromatic nitrogens is 2. The Labute approximate surface area is 183 Å². The molecule has 0 aliphatic carbocycles. The summed E-state index contributed by atoms with van der Waals surface area (Å²) < 4.78 is 11.3. The van der Waals surface area contributed by atoms with Crippen LogP contribution in [0.1, 0.15) is 39.3 Å². The third-order valence-corrected chi connectivity index (χ3v) is 6.20. The van der Waals surface area contributed by atoms with Gasteiger partial charge in [-0.25, -0.2) is 9.78 Å². The first-order valence-electron chi connectivity index (χ1n) is 9.79. The summed E-state index contributed by atoms with van der Waals surface area (Å²) in [5, 5.41) is 3.18. The molecule has 31 heavy (non-hydrogen) atoms. The summed E-state index contributed by atoms with van der Waals surface area (Å²) >= 11 is 1.10. The molecule has 0 spiro atoms. The summed E-state index contributed by atoms with van der Waals surface area (Å²) in [6.45, 7) is 7.61. The first kappa shape index (κ1) is 22.6. The van der Waals surface area contributed by atoms with Crippen molar-refractivity contribution < 1.29 is 19.1 Å². The molecular formula is C22H25N3O5S. The second kappa shape index (κ2) is 9.40. The Morgan fingerprint density at radius 3 is 2.65 bits per heavy atom. The number of thiophene rings is 1. The standard InChI is InChI=1S/C22H25N3O5S/c1-12-6-7-16(13(2)10-12)24-19(26)15(4)25-11-23-20-17(21(25)27)14(3)18(31-20)22(28)30-9-8-29-5/h6-7,10-11,15H,8-9H2,1-5H3,(H,24,26). The molecule has 1 aromatic carbocycles. The first-order valence-corrected chi connectivity index (χ1v) is 10.6. The molecule has 0 saturated heterocycles. The molecule has 0 bridgehead atoms. The second-order valence-corrected chi connectivity index (χ2v) is 8.30. The summed E-state index contributed by atoms with van der Waals surface area (Å²) in [6.07, 6.45) is 1.34. The highest BCUT2D eigenvalue weighted by atomic mass is 32.1. The van der Waals surface area contributed by atoms with E-state index in [1.807, 2.05) is 32.0 Å². The normalized spacial score (nSPS) is 12.0. The maximum Gasteiger partial charge on any atom is 0.348 e. The van der Waals surface area contributed by atoms with Gasteiger partial charge in [-0.1, -0.05) is 17.7 Å². The molecule has 0 saturated carbocycles. The van der Waals surface area contributed by atoms with E-state index in [0.29, 0.717) is 26.3 Å². The minimum atomic E-state index is -0.790. The number of esters is 1. The van der Waals surface area contributed by atoms with Crippen LogP contribution in [0, 0.1) is 20.8 Å². The number of rotatable bonds is 7. The average Bonchev–Trinajstić information content (AvgIpc) is 3.07. The van der Waals surface area contributed by atoms with E-state index in [4.69, 9.17) is 9.47 Å². The van der Waals surface area contributed by atoms with E-state index in [1.165, 1.54) is 18.0 Å². The van der Waals surface area contributed by atoms with E-state index in [2.05, 4.69) is 10.3 Å². The number of ether oxygens (including phenoxy) is 2. The lowest BCUT2D eigenvalue weighted by Crippen LogP contribution is -2.32. The van der Waals surface area contributed by atoms with Gasteiger partial charge in [0.25, 0.3) is 5.56 Å². The van der Waals surface area contributed by atoms with Crippen LogP contribution >= 0.6 is 11.3 Å². The summed E-state index contributed by atoms with van der Waals surface area (Å²) in [7, 11) is 1.52. The zero-order valence-electron chi connectivity index (χ0n) is 18.1. The van der Waals surface area contributed by atoms with Crippen LogP contribution in [0.5, 0.6) is 0 Å². The van der Waals surface area contributed by atoms with Gasteiger partial charge in [0.15, 0.2) is 0 Å². The van der Waals surface area contributed by atoms with Crippen molar-refractivity contribution in [2.75, 3.05) is 25.6 Å². The quantitative estimate of drug-likeness (QED) is 0.444. The van der Waals surface area contributed by atoms with Gasteiger partial charge in [0.05, 0.1) is 18.3 Å². The largest absolute Gasteiger partial charge is 0.459 e. The molecule has 3 aromatic rings. The van der Waals surface area contributed by atoms with Crippen LogP contribution in [0.2, 0.25) is 0 Å². The van der Waals surface area contributed by atoms with Gasteiger partial charge >= 0.3 is 5.97 Å².